The van der Waals surface area contributed by atoms with Crippen molar-refractivity contribution < 1.29 is 19.4 Å². The van der Waals surface area contributed by atoms with E-state index in [1.807, 2.05) is 20.8 Å². The van der Waals surface area contributed by atoms with E-state index in [1.165, 1.54) is 11.1 Å². The lowest BCUT2D eigenvalue weighted by atomic mass is 10.0. The monoisotopic (exact) mass is 310 g/mol. The van der Waals surface area contributed by atoms with E-state index >= 15 is 0 Å². The second kappa shape index (κ2) is 9.78. The Bertz CT molecular complexity index is 515. The number of carboxylic acids is 1. The number of aliphatic carboxylic acids is 1. The molecule has 6 nitrogen and oxygen atoms in total. The predicted octanol–water partition coefficient (Wildman–Crippen LogP) is 2.01. The topological polar surface area (TPSA) is 102 Å². The molecule has 0 amide bonds. The van der Waals surface area contributed by atoms with Crippen molar-refractivity contribution in [2.45, 2.75) is 40.7 Å². The molecule has 124 valence electrons. The highest BCUT2D eigenvalue weighted by atomic mass is 16.5. The lowest BCUT2D eigenvalue weighted by molar-refractivity contribution is -0.143. The van der Waals surface area contributed by atoms with E-state index in [-0.39, 0.29) is 18.6 Å². The molecule has 0 fully saturated rings. The molecule has 6 heteroatoms. The molecule has 0 saturated carbocycles. The lowest BCUT2D eigenvalue weighted by Crippen LogP contribution is -2.28. The smallest absolute Gasteiger partial charge is 0.328 e. The fourth-order valence-corrected chi connectivity index (χ4v) is 1.68. The first kappa shape index (κ1) is 19.9. The molecule has 1 aromatic carbocycles. The largest absolute Gasteiger partial charge is 0.480 e. The molecule has 4 N–H and O–H groups in total. The summed E-state index contributed by atoms with van der Waals surface area (Å²) in [6, 6.07) is 3.87. The number of anilines is 1. The molecule has 0 radical (unpaired) electrons. The fraction of sp³-hybridized carbons (Fsp3) is 0.500. The van der Waals surface area contributed by atoms with E-state index in [1.54, 1.807) is 0 Å². The first-order chi connectivity index (χ1) is 10.2. The number of carboxylic acid groups (broad SMARTS) is 1. The maximum Gasteiger partial charge on any atom is 0.328 e. The number of carbonyl (C=O) groups is 2. The summed E-state index contributed by atoms with van der Waals surface area (Å²) in [6.07, 6.45) is 0. The summed E-state index contributed by atoms with van der Waals surface area (Å²) in [5, 5.41) is 10.8. The summed E-state index contributed by atoms with van der Waals surface area (Å²) in [6.45, 7) is 9.94. The Kier molecular flexibility index (Phi) is 8.86. The molecule has 0 aliphatic carbocycles. The molecule has 0 unspecified atom stereocenters. The Labute approximate surface area is 131 Å². The minimum Gasteiger partial charge on any atom is -0.480 e. The van der Waals surface area contributed by atoms with Crippen molar-refractivity contribution in [1.29, 1.82) is 0 Å². The highest BCUT2D eigenvalue weighted by Crippen LogP contribution is 2.20. The standard InChI is InChI=1S/C14H21NO2.C2H5NO2/c1-6-17-14(16)12(5)15-13-8-10(3)9(2)7-11(13)4;3-1-2(4)5/h7-8,12,15H,6H2,1-5H3;1,3H2,(H,4,5)/t12-;/m0./s1. The predicted molar refractivity (Wildman–Crippen MR) is 87.1 cm³/mol. The summed E-state index contributed by atoms with van der Waals surface area (Å²) >= 11 is 0. The lowest BCUT2D eigenvalue weighted by Gasteiger charge is -2.17. The molecule has 0 bridgehead atoms. The number of nitrogens with one attached hydrogen (secondary N) is 1. The molecule has 0 aromatic heterocycles. The van der Waals surface area contributed by atoms with Gasteiger partial charge in [0, 0.05) is 5.69 Å². The van der Waals surface area contributed by atoms with Crippen molar-refractivity contribution in [1.82, 2.24) is 0 Å². The van der Waals surface area contributed by atoms with Crippen LogP contribution >= 0.6 is 0 Å². The van der Waals surface area contributed by atoms with Crippen molar-refractivity contribution in [2.75, 3.05) is 18.5 Å². The number of esters is 1. The van der Waals surface area contributed by atoms with Crippen LogP contribution in [-0.4, -0.2) is 36.2 Å². The van der Waals surface area contributed by atoms with Gasteiger partial charge in [0.2, 0.25) is 0 Å². The van der Waals surface area contributed by atoms with Crippen LogP contribution < -0.4 is 11.1 Å². The Morgan fingerprint density at radius 2 is 1.73 bits per heavy atom. The van der Waals surface area contributed by atoms with Crippen molar-refractivity contribution in [2.24, 2.45) is 5.73 Å². The third kappa shape index (κ3) is 7.08. The van der Waals surface area contributed by atoms with Gasteiger partial charge in [0.25, 0.3) is 0 Å². The van der Waals surface area contributed by atoms with E-state index in [0.29, 0.717) is 6.61 Å². The molecule has 0 heterocycles. The quantitative estimate of drug-likeness (QED) is 0.719. The van der Waals surface area contributed by atoms with Crippen LogP contribution in [0.3, 0.4) is 0 Å². The molecule has 22 heavy (non-hydrogen) atoms. The average Bonchev–Trinajstić information content (AvgIpc) is 2.45. The summed E-state index contributed by atoms with van der Waals surface area (Å²) in [4.78, 5) is 20.8. The van der Waals surface area contributed by atoms with Gasteiger partial charge in [0.1, 0.15) is 6.04 Å². The van der Waals surface area contributed by atoms with Crippen LogP contribution in [0.1, 0.15) is 30.5 Å². The maximum absolute atomic E-state index is 11.5. The number of ether oxygens (including phenoxy) is 1. The van der Waals surface area contributed by atoms with E-state index in [4.69, 9.17) is 9.84 Å². The van der Waals surface area contributed by atoms with Gasteiger partial charge in [0.15, 0.2) is 0 Å². The van der Waals surface area contributed by atoms with E-state index in [2.05, 4.69) is 37.0 Å². The molecule has 0 aliphatic rings. The Balaban J connectivity index is 0.000000763. The van der Waals surface area contributed by atoms with Gasteiger partial charge >= 0.3 is 11.9 Å². The second-order valence-corrected chi connectivity index (χ2v) is 4.97. The van der Waals surface area contributed by atoms with Gasteiger partial charge in [-0.05, 0) is 57.4 Å². The molecular weight excluding hydrogens is 284 g/mol. The number of nitrogens with two attached hydrogens (primary N) is 1. The van der Waals surface area contributed by atoms with Gasteiger partial charge in [-0.2, -0.15) is 0 Å². The normalized spacial score (nSPS) is 11.0. The first-order valence-corrected chi connectivity index (χ1v) is 7.15. The fourth-order valence-electron chi connectivity index (χ4n) is 1.68. The number of benzene rings is 1. The first-order valence-electron chi connectivity index (χ1n) is 7.15. The second-order valence-electron chi connectivity index (χ2n) is 4.97. The van der Waals surface area contributed by atoms with Crippen molar-refractivity contribution in [3.63, 3.8) is 0 Å². The zero-order valence-corrected chi connectivity index (χ0v) is 13.9. The van der Waals surface area contributed by atoms with Crippen LogP contribution in [0.2, 0.25) is 0 Å². The molecule has 0 saturated heterocycles. The summed E-state index contributed by atoms with van der Waals surface area (Å²) in [5.41, 5.74) is 9.19. The summed E-state index contributed by atoms with van der Waals surface area (Å²) in [7, 11) is 0. The number of aryl methyl sites for hydroxylation is 3. The zero-order chi connectivity index (χ0) is 17.3. The minimum atomic E-state index is -0.968. The van der Waals surface area contributed by atoms with Gasteiger partial charge in [-0.1, -0.05) is 6.07 Å². The van der Waals surface area contributed by atoms with Gasteiger partial charge in [-0.3, -0.25) is 4.79 Å². The van der Waals surface area contributed by atoms with Crippen LogP contribution in [-0.2, 0) is 14.3 Å². The number of hydrogen-bond donors (Lipinski definition) is 3. The SMILES string of the molecule is CCOC(=O)[C@H](C)Nc1cc(C)c(C)cc1C.NCC(=O)O. The average molecular weight is 310 g/mol. The maximum atomic E-state index is 11.5. The Hall–Kier alpha value is -2.08. The zero-order valence-electron chi connectivity index (χ0n) is 13.9. The van der Waals surface area contributed by atoms with E-state index in [0.717, 1.165) is 11.3 Å². The molecule has 1 aromatic rings. The molecule has 0 aliphatic heterocycles. The number of rotatable bonds is 5. The van der Waals surface area contributed by atoms with Gasteiger partial charge < -0.3 is 20.9 Å². The van der Waals surface area contributed by atoms with Gasteiger partial charge in [-0.25, -0.2) is 4.79 Å². The third-order valence-corrected chi connectivity index (χ3v) is 3.03. The highest BCUT2D eigenvalue weighted by Gasteiger charge is 2.14. The van der Waals surface area contributed by atoms with Crippen LogP contribution in [0.5, 0.6) is 0 Å². The molecule has 1 atom stereocenters. The van der Waals surface area contributed by atoms with Gasteiger partial charge in [0.05, 0.1) is 13.2 Å². The van der Waals surface area contributed by atoms with Gasteiger partial charge in [-0.15, -0.1) is 0 Å². The van der Waals surface area contributed by atoms with Crippen LogP contribution in [0, 0.1) is 20.8 Å². The number of carbonyl (C=O) groups excluding carboxylic acids is 1. The van der Waals surface area contributed by atoms with Crippen LogP contribution in [0.15, 0.2) is 12.1 Å². The number of hydrogen-bond acceptors (Lipinski definition) is 5. The summed E-state index contributed by atoms with van der Waals surface area (Å²) < 4.78 is 4.97. The van der Waals surface area contributed by atoms with Crippen LogP contribution in [0.4, 0.5) is 5.69 Å². The molecular formula is C16H26N2O4. The minimum absolute atomic E-state index is 0.217. The van der Waals surface area contributed by atoms with E-state index in [9.17, 15) is 9.59 Å². The highest BCUT2D eigenvalue weighted by molar-refractivity contribution is 5.79. The van der Waals surface area contributed by atoms with Crippen molar-refractivity contribution >= 4 is 17.6 Å². The third-order valence-electron chi connectivity index (χ3n) is 3.03. The van der Waals surface area contributed by atoms with E-state index < -0.39 is 5.97 Å². The van der Waals surface area contributed by atoms with Crippen LogP contribution in [0.25, 0.3) is 0 Å². The Morgan fingerprint density at radius 3 is 2.18 bits per heavy atom. The molecule has 0 spiro atoms. The summed E-state index contributed by atoms with van der Waals surface area (Å²) in [5.74, 6) is -1.19. The Morgan fingerprint density at radius 1 is 1.23 bits per heavy atom. The van der Waals surface area contributed by atoms with Crippen molar-refractivity contribution in [3.05, 3.63) is 28.8 Å². The molecule has 1 rings (SSSR count). The van der Waals surface area contributed by atoms with Crippen molar-refractivity contribution in [3.8, 4) is 0 Å².